The molecule has 25 heavy (non-hydrogen) atoms. The minimum atomic E-state index is -0.774. The number of nitrogens with one attached hydrogen (secondary N) is 1. The molecule has 1 aromatic carbocycles. The molecule has 1 aliphatic rings. The van der Waals surface area contributed by atoms with Gasteiger partial charge >= 0.3 is 12.0 Å². The Bertz CT molecular complexity index is 737. The predicted molar refractivity (Wildman–Crippen MR) is 92.4 cm³/mol. The van der Waals surface area contributed by atoms with E-state index in [-0.39, 0.29) is 18.0 Å². The summed E-state index contributed by atoms with van der Waals surface area (Å²) < 4.78 is 1.77. The van der Waals surface area contributed by atoms with Crippen LogP contribution in [0.5, 0.6) is 0 Å². The van der Waals surface area contributed by atoms with Crippen LogP contribution in [0.3, 0.4) is 0 Å². The molecule has 2 N–H and O–H groups in total. The maximum absolute atomic E-state index is 12.4. The third-order valence-corrected chi connectivity index (χ3v) is 4.61. The van der Waals surface area contributed by atoms with Gasteiger partial charge in [0.1, 0.15) is 0 Å². The summed E-state index contributed by atoms with van der Waals surface area (Å²) in [5, 5.41) is 16.2. The summed E-state index contributed by atoms with van der Waals surface area (Å²) in [5.74, 6) is -1.11. The molecule has 0 aliphatic carbocycles. The van der Waals surface area contributed by atoms with E-state index >= 15 is 0 Å². The van der Waals surface area contributed by atoms with E-state index in [1.54, 1.807) is 15.8 Å². The molecule has 1 aromatic heterocycles. The van der Waals surface area contributed by atoms with E-state index < -0.39 is 5.97 Å². The minimum Gasteiger partial charge on any atom is -0.481 e. The SMILES string of the molecule is CC(NC(=O)N1CCC(C(=O)O)CC1)c1cccc(-n2cccn2)c1. The van der Waals surface area contributed by atoms with Crippen LogP contribution < -0.4 is 5.32 Å². The van der Waals surface area contributed by atoms with E-state index in [1.807, 2.05) is 43.5 Å². The number of piperidine rings is 1. The van der Waals surface area contributed by atoms with Crippen LogP contribution in [0, 0.1) is 5.92 Å². The minimum absolute atomic E-state index is 0.152. The van der Waals surface area contributed by atoms with Crippen molar-refractivity contribution in [2.75, 3.05) is 13.1 Å². The Morgan fingerprint density at radius 2 is 2.04 bits per heavy atom. The molecule has 1 fully saturated rings. The van der Waals surface area contributed by atoms with Gasteiger partial charge in [-0.3, -0.25) is 4.79 Å². The number of benzene rings is 1. The van der Waals surface area contributed by atoms with E-state index in [4.69, 9.17) is 5.11 Å². The standard InChI is InChI=1S/C18H22N4O3/c1-13(15-4-2-5-16(12-15)22-9-3-8-19-22)20-18(25)21-10-6-14(7-11-21)17(23)24/h2-5,8-9,12-14H,6-7,10-11H2,1H3,(H,20,25)(H,23,24). The second-order valence-electron chi connectivity index (χ2n) is 6.32. The van der Waals surface area contributed by atoms with E-state index in [0.717, 1.165) is 11.3 Å². The molecule has 7 nitrogen and oxygen atoms in total. The molecule has 0 radical (unpaired) electrons. The van der Waals surface area contributed by atoms with E-state index in [9.17, 15) is 9.59 Å². The maximum atomic E-state index is 12.4. The van der Waals surface area contributed by atoms with Crippen molar-refractivity contribution in [2.24, 2.45) is 5.92 Å². The summed E-state index contributed by atoms with van der Waals surface area (Å²) in [4.78, 5) is 25.1. The third kappa shape index (κ3) is 3.99. The first-order chi connectivity index (χ1) is 12.0. The number of hydrogen-bond donors (Lipinski definition) is 2. The van der Waals surface area contributed by atoms with Crippen LogP contribution in [0.15, 0.2) is 42.7 Å². The predicted octanol–water partition coefficient (Wildman–Crippen LogP) is 2.44. The van der Waals surface area contributed by atoms with Crippen LogP contribution in [0.25, 0.3) is 5.69 Å². The van der Waals surface area contributed by atoms with E-state index in [0.29, 0.717) is 25.9 Å². The fourth-order valence-corrected chi connectivity index (χ4v) is 3.05. The second kappa shape index (κ2) is 7.38. The fraction of sp³-hybridized carbons (Fsp3) is 0.389. The van der Waals surface area contributed by atoms with Crippen molar-refractivity contribution in [1.29, 1.82) is 0 Å². The topological polar surface area (TPSA) is 87.5 Å². The summed E-state index contributed by atoms with van der Waals surface area (Å²) in [5.41, 5.74) is 1.92. The molecule has 2 amide bonds. The van der Waals surface area contributed by atoms with Crippen LogP contribution >= 0.6 is 0 Å². The van der Waals surface area contributed by atoms with Crippen LogP contribution in [-0.4, -0.2) is 44.9 Å². The first-order valence-corrected chi connectivity index (χ1v) is 8.43. The van der Waals surface area contributed by atoms with Gasteiger partial charge in [-0.15, -0.1) is 0 Å². The van der Waals surface area contributed by atoms with Crippen molar-refractivity contribution < 1.29 is 14.7 Å². The molecule has 132 valence electrons. The van der Waals surface area contributed by atoms with E-state index in [1.165, 1.54) is 0 Å². The molecule has 3 rings (SSSR count). The van der Waals surface area contributed by atoms with Gasteiger partial charge in [0.2, 0.25) is 0 Å². The Balaban J connectivity index is 1.61. The fourth-order valence-electron chi connectivity index (χ4n) is 3.05. The molecule has 1 unspecified atom stereocenters. The zero-order chi connectivity index (χ0) is 17.8. The number of rotatable bonds is 4. The highest BCUT2D eigenvalue weighted by Gasteiger charge is 2.27. The van der Waals surface area contributed by atoms with Gasteiger partial charge in [-0.2, -0.15) is 5.10 Å². The third-order valence-electron chi connectivity index (χ3n) is 4.61. The summed E-state index contributed by atoms with van der Waals surface area (Å²) in [6.07, 6.45) is 4.60. The lowest BCUT2D eigenvalue weighted by molar-refractivity contribution is -0.143. The summed E-state index contributed by atoms with van der Waals surface area (Å²) >= 11 is 0. The number of aliphatic carboxylic acids is 1. The highest BCUT2D eigenvalue weighted by atomic mass is 16.4. The van der Waals surface area contributed by atoms with Gasteiger partial charge in [0.15, 0.2) is 0 Å². The van der Waals surface area contributed by atoms with Crippen molar-refractivity contribution in [2.45, 2.75) is 25.8 Å². The second-order valence-corrected chi connectivity index (χ2v) is 6.32. The molecular formula is C18H22N4O3. The quantitative estimate of drug-likeness (QED) is 0.893. The van der Waals surface area contributed by atoms with Crippen LogP contribution in [0.1, 0.15) is 31.4 Å². The Kier molecular flexibility index (Phi) is 5.02. The Labute approximate surface area is 146 Å². The molecule has 7 heteroatoms. The molecule has 2 aromatic rings. The zero-order valence-corrected chi connectivity index (χ0v) is 14.1. The molecule has 2 heterocycles. The highest BCUT2D eigenvalue weighted by molar-refractivity contribution is 5.75. The number of aromatic nitrogens is 2. The first kappa shape index (κ1) is 17.0. The molecule has 1 saturated heterocycles. The molecule has 1 atom stereocenters. The van der Waals surface area contributed by atoms with E-state index in [2.05, 4.69) is 10.4 Å². The number of nitrogens with zero attached hydrogens (tertiary/aromatic N) is 3. The lowest BCUT2D eigenvalue weighted by Crippen LogP contribution is -2.46. The average Bonchev–Trinajstić information content (AvgIpc) is 3.16. The number of urea groups is 1. The monoisotopic (exact) mass is 342 g/mol. The van der Waals surface area contributed by atoms with Crippen LogP contribution in [0.2, 0.25) is 0 Å². The zero-order valence-electron chi connectivity index (χ0n) is 14.1. The maximum Gasteiger partial charge on any atom is 0.317 e. The summed E-state index contributed by atoms with van der Waals surface area (Å²) in [7, 11) is 0. The first-order valence-electron chi connectivity index (χ1n) is 8.43. The van der Waals surface area contributed by atoms with Crippen LogP contribution in [0.4, 0.5) is 4.79 Å². The molecular weight excluding hydrogens is 320 g/mol. The number of hydrogen-bond acceptors (Lipinski definition) is 3. The van der Waals surface area contributed by atoms with Gasteiger partial charge < -0.3 is 15.3 Å². The van der Waals surface area contributed by atoms with Crippen molar-refractivity contribution in [3.8, 4) is 5.69 Å². The number of likely N-dealkylation sites (tertiary alicyclic amines) is 1. The van der Waals surface area contributed by atoms with Crippen LogP contribution in [-0.2, 0) is 4.79 Å². The lowest BCUT2D eigenvalue weighted by Gasteiger charge is -2.31. The molecule has 0 bridgehead atoms. The molecule has 0 spiro atoms. The summed E-state index contributed by atoms with van der Waals surface area (Å²) in [6, 6.07) is 9.41. The Morgan fingerprint density at radius 1 is 1.28 bits per heavy atom. The van der Waals surface area contributed by atoms with Crippen molar-refractivity contribution >= 4 is 12.0 Å². The van der Waals surface area contributed by atoms with Gasteiger partial charge in [-0.1, -0.05) is 12.1 Å². The van der Waals surface area contributed by atoms with Gasteiger partial charge in [-0.05, 0) is 43.5 Å². The Hall–Kier alpha value is -2.83. The normalized spacial score (nSPS) is 16.4. The number of carboxylic acids is 1. The number of carbonyl (C=O) groups is 2. The van der Waals surface area contributed by atoms with Gasteiger partial charge in [-0.25, -0.2) is 9.48 Å². The number of carbonyl (C=O) groups excluding carboxylic acids is 1. The molecule has 1 aliphatic heterocycles. The van der Waals surface area contributed by atoms with Gasteiger partial charge in [0.25, 0.3) is 0 Å². The lowest BCUT2D eigenvalue weighted by atomic mass is 9.97. The summed E-state index contributed by atoms with van der Waals surface area (Å²) in [6.45, 7) is 2.88. The van der Waals surface area contributed by atoms with Crippen molar-refractivity contribution in [3.63, 3.8) is 0 Å². The average molecular weight is 342 g/mol. The smallest absolute Gasteiger partial charge is 0.317 e. The Morgan fingerprint density at radius 3 is 2.68 bits per heavy atom. The largest absolute Gasteiger partial charge is 0.481 e. The van der Waals surface area contributed by atoms with Gasteiger partial charge in [0, 0.05) is 25.5 Å². The van der Waals surface area contributed by atoms with Crippen molar-refractivity contribution in [3.05, 3.63) is 48.3 Å². The molecule has 0 saturated carbocycles. The van der Waals surface area contributed by atoms with Crippen molar-refractivity contribution in [1.82, 2.24) is 20.0 Å². The van der Waals surface area contributed by atoms with Gasteiger partial charge in [0.05, 0.1) is 17.6 Å². The highest BCUT2D eigenvalue weighted by Crippen LogP contribution is 2.20. The number of carboxylic acid groups (broad SMARTS) is 1. The number of amides is 2.